The predicted octanol–water partition coefficient (Wildman–Crippen LogP) is 1.04. The molecule has 1 unspecified atom stereocenters. The zero-order chi connectivity index (χ0) is 14.1. The molecule has 20 heavy (non-hydrogen) atoms. The van der Waals surface area contributed by atoms with Gasteiger partial charge in [0.25, 0.3) is 0 Å². The smallest absolute Gasteiger partial charge is 0.135 e. The summed E-state index contributed by atoms with van der Waals surface area (Å²) >= 11 is 0. The molecule has 0 aliphatic carbocycles. The molecule has 0 bridgehead atoms. The SMILES string of the molecule is CC(C)c1cncnc1N1CCN2CCN(C)CC2C1. The van der Waals surface area contributed by atoms with Gasteiger partial charge >= 0.3 is 0 Å². The Hall–Kier alpha value is -1.20. The summed E-state index contributed by atoms with van der Waals surface area (Å²) in [6.45, 7) is 11.3. The van der Waals surface area contributed by atoms with E-state index in [0.29, 0.717) is 12.0 Å². The molecule has 0 saturated carbocycles. The van der Waals surface area contributed by atoms with Crippen LogP contribution in [0.3, 0.4) is 0 Å². The van der Waals surface area contributed by atoms with Gasteiger partial charge in [0.15, 0.2) is 0 Å². The predicted molar refractivity (Wildman–Crippen MR) is 81.2 cm³/mol. The lowest BCUT2D eigenvalue weighted by atomic mass is 10.0. The van der Waals surface area contributed by atoms with E-state index in [9.17, 15) is 0 Å². The number of likely N-dealkylation sites (N-methyl/N-ethyl adjacent to an activating group) is 1. The van der Waals surface area contributed by atoms with Gasteiger partial charge in [0.2, 0.25) is 0 Å². The van der Waals surface area contributed by atoms with Gasteiger partial charge in [0.1, 0.15) is 12.1 Å². The van der Waals surface area contributed by atoms with Crippen molar-refractivity contribution < 1.29 is 0 Å². The second-order valence-electron chi connectivity index (χ2n) is 6.35. The van der Waals surface area contributed by atoms with Crippen LogP contribution in [0, 0.1) is 0 Å². The minimum atomic E-state index is 0.471. The molecule has 0 aromatic carbocycles. The van der Waals surface area contributed by atoms with Gasteiger partial charge in [-0.15, -0.1) is 0 Å². The van der Waals surface area contributed by atoms with Crippen molar-refractivity contribution in [1.29, 1.82) is 0 Å². The average Bonchev–Trinajstić information content (AvgIpc) is 2.46. The number of anilines is 1. The monoisotopic (exact) mass is 275 g/mol. The van der Waals surface area contributed by atoms with Gasteiger partial charge in [-0.2, -0.15) is 0 Å². The normalized spacial score (nSPS) is 25.0. The van der Waals surface area contributed by atoms with Crippen molar-refractivity contribution >= 4 is 5.82 Å². The highest BCUT2D eigenvalue weighted by molar-refractivity contribution is 5.47. The van der Waals surface area contributed by atoms with Gasteiger partial charge in [0.05, 0.1) is 0 Å². The van der Waals surface area contributed by atoms with E-state index < -0.39 is 0 Å². The van der Waals surface area contributed by atoms with Crippen LogP contribution in [0.2, 0.25) is 0 Å². The maximum Gasteiger partial charge on any atom is 0.135 e. The Morgan fingerprint density at radius 3 is 2.75 bits per heavy atom. The van der Waals surface area contributed by atoms with Crippen LogP contribution in [0.4, 0.5) is 5.82 Å². The fourth-order valence-electron chi connectivity index (χ4n) is 3.31. The minimum Gasteiger partial charge on any atom is -0.353 e. The Morgan fingerprint density at radius 2 is 1.95 bits per heavy atom. The molecule has 0 N–H and O–H groups in total. The maximum absolute atomic E-state index is 4.56. The molecule has 0 spiro atoms. The zero-order valence-electron chi connectivity index (χ0n) is 12.8. The van der Waals surface area contributed by atoms with E-state index in [-0.39, 0.29) is 0 Å². The first-order valence-corrected chi connectivity index (χ1v) is 7.62. The fraction of sp³-hybridized carbons (Fsp3) is 0.733. The Morgan fingerprint density at radius 1 is 1.15 bits per heavy atom. The number of nitrogens with zero attached hydrogens (tertiary/aromatic N) is 5. The van der Waals surface area contributed by atoms with Crippen LogP contribution in [-0.4, -0.2) is 72.1 Å². The number of piperazine rings is 2. The average molecular weight is 275 g/mol. The number of aromatic nitrogens is 2. The summed E-state index contributed by atoms with van der Waals surface area (Å²) in [5.41, 5.74) is 1.27. The molecule has 2 aliphatic heterocycles. The van der Waals surface area contributed by atoms with Crippen LogP contribution in [0.25, 0.3) is 0 Å². The van der Waals surface area contributed by atoms with Crippen LogP contribution < -0.4 is 4.90 Å². The van der Waals surface area contributed by atoms with Gasteiger partial charge in [0, 0.05) is 57.1 Å². The molecule has 2 fully saturated rings. The van der Waals surface area contributed by atoms with E-state index in [1.165, 1.54) is 25.2 Å². The molecule has 1 aromatic heterocycles. The lowest BCUT2D eigenvalue weighted by molar-refractivity contribution is 0.0804. The number of fused-ring (bicyclic) bond motifs is 1. The molecule has 3 rings (SSSR count). The summed E-state index contributed by atoms with van der Waals surface area (Å²) in [5.74, 6) is 1.61. The molecule has 1 atom stereocenters. The third kappa shape index (κ3) is 2.65. The summed E-state index contributed by atoms with van der Waals surface area (Å²) in [7, 11) is 2.22. The van der Waals surface area contributed by atoms with Crippen LogP contribution in [-0.2, 0) is 0 Å². The minimum absolute atomic E-state index is 0.471. The molecule has 5 heteroatoms. The second-order valence-corrected chi connectivity index (χ2v) is 6.35. The van der Waals surface area contributed by atoms with Crippen molar-refractivity contribution in [3.63, 3.8) is 0 Å². The van der Waals surface area contributed by atoms with E-state index in [0.717, 1.165) is 25.5 Å². The van der Waals surface area contributed by atoms with E-state index >= 15 is 0 Å². The van der Waals surface area contributed by atoms with Gasteiger partial charge in [-0.3, -0.25) is 4.90 Å². The van der Waals surface area contributed by atoms with Crippen molar-refractivity contribution in [2.24, 2.45) is 0 Å². The van der Waals surface area contributed by atoms with E-state index in [1.807, 2.05) is 6.20 Å². The first-order valence-electron chi connectivity index (χ1n) is 7.62. The van der Waals surface area contributed by atoms with Crippen LogP contribution in [0.5, 0.6) is 0 Å². The van der Waals surface area contributed by atoms with Gasteiger partial charge in [-0.05, 0) is 13.0 Å². The van der Waals surface area contributed by atoms with Crippen molar-refractivity contribution in [2.75, 3.05) is 51.2 Å². The quantitative estimate of drug-likeness (QED) is 0.806. The molecule has 3 heterocycles. The highest BCUT2D eigenvalue weighted by Crippen LogP contribution is 2.26. The topological polar surface area (TPSA) is 35.5 Å². The van der Waals surface area contributed by atoms with Crippen LogP contribution in [0.1, 0.15) is 25.3 Å². The number of hydrogen-bond acceptors (Lipinski definition) is 5. The van der Waals surface area contributed by atoms with Crippen molar-refractivity contribution in [1.82, 2.24) is 19.8 Å². The highest BCUT2D eigenvalue weighted by atomic mass is 15.4. The summed E-state index contributed by atoms with van der Waals surface area (Å²) in [5, 5.41) is 0. The van der Waals surface area contributed by atoms with Crippen molar-refractivity contribution in [2.45, 2.75) is 25.8 Å². The summed E-state index contributed by atoms with van der Waals surface area (Å²) in [6, 6.07) is 0.637. The first-order chi connectivity index (χ1) is 9.65. The molecule has 2 saturated heterocycles. The number of hydrogen-bond donors (Lipinski definition) is 0. The summed E-state index contributed by atoms with van der Waals surface area (Å²) < 4.78 is 0. The standard InChI is InChI=1S/C15H25N5/c1-12(2)14-8-16-11-17-15(14)20-7-6-19-5-4-18(3)9-13(19)10-20/h8,11-13H,4-7,9-10H2,1-3H3. The summed E-state index contributed by atoms with van der Waals surface area (Å²) in [6.07, 6.45) is 3.66. The van der Waals surface area contributed by atoms with Gasteiger partial charge in [-0.25, -0.2) is 9.97 Å². The molecule has 2 aliphatic rings. The maximum atomic E-state index is 4.56. The van der Waals surface area contributed by atoms with Crippen LogP contribution >= 0.6 is 0 Å². The Kier molecular flexibility index (Phi) is 3.89. The number of rotatable bonds is 2. The fourth-order valence-corrected chi connectivity index (χ4v) is 3.31. The molecular formula is C15H25N5. The molecule has 110 valence electrons. The molecule has 5 nitrogen and oxygen atoms in total. The molecule has 1 aromatic rings. The first kappa shape index (κ1) is 13.8. The van der Waals surface area contributed by atoms with E-state index in [2.05, 4.69) is 45.6 Å². The lowest BCUT2D eigenvalue weighted by Gasteiger charge is -2.47. The molecule has 0 amide bonds. The van der Waals surface area contributed by atoms with Gasteiger partial charge < -0.3 is 9.80 Å². The van der Waals surface area contributed by atoms with E-state index in [1.54, 1.807) is 6.33 Å². The van der Waals surface area contributed by atoms with Gasteiger partial charge in [-0.1, -0.05) is 13.8 Å². The molecular weight excluding hydrogens is 250 g/mol. The Bertz CT molecular complexity index is 461. The third-order valence-corrected chi connectivity index (χ3v) is 4.54. The largest absolute Gasteiger partial charge is 0.353 e. The second kappa shape index (κ2) is 5.66. The molecule has 0 radical (unpaired) electrons. The Balaban J connectivity index is 1.78. The van der Waals surface area contributed by atoms with Crippen molar-refractivity contribution in [3.05, 3.63) is 18.1 Å². The zero-order valence-corrected chi connectivity index (χ0v) is 12.8. The summed E-state index contributed by atoms with van der Waals surface area (Å²) in [4.78, 5) is 16.3. The lowest BCUT2D eigenvalue weighted by Crippen LogP contribution is -2.61. The third-order valence-electron chi connectivity index (χ3n) is 4.54. The van der Waals surface area contributed by atoms with E-state index in [4.69, 9.17) is 0 Å². The van der Waals surface area contributed by atoms with Crippen molar-refractivity contribution in [3.8, 4) is 0 Å². The Labute approximate surface area is 121 Å². The highest BCUT2D eigenvalue weighted by Gasteiger charge is 2.32. The van der Waals surface area contributed by atoms with Crippen LogP contribution in [0.15, 0.2) is 12.5 Å².